The lowest BCUT2D eigenvalue weighted by Gasteiger charge is -1.97. The molecule has 0 radical (unpaired) electrons. The summed E-state index contributed by atoms with van der Waals surface area (Å²) in [5, 5.41) is 15.5. The highest BCUT2D eigenvalue weighted by molar-refractivity contribution is 9.10. The summed E-state index contributed by atoms with van der Waals surface area (Å²) in [6.07, 6.45) is 5.51. The Hall–Kier alpha value is -1.80. The average molecular weight is 349 g/mol. The summed E-state index contributed by atoms with van der Waals surface area (Å²) < 4.78 is 5.57. The molecule has 0 saturated heterocycles. The molecule has 0 unspecified atom stereocenters. The molecule has 2 rings (SSSR count). The fraction of sp³-hybridized carbons (Fsp3) is 0.375. The smallest absolute Gasteiger partial charge is 0.299 e. The molecular formula is C16H17BrN2O2. The highest BCUT2D eigenvalue weighted by Crippen LogP contribution is 2.22. The molecule has 21 heavy (non-hydrogen) atoms. The Labute approximate surface area is 132 Å². The Bertz CT molecular complexity index is 656. The van der Waals surface area contributed by atoms with Crippen molar-refractivity contribution in [2.75, 3.05) is 0 Å². The van der Waals surface area contributed by atoms with Crippen molar-refractivity contribution in [3.63, 3.8) is 0 Å². The average Bonchev–Trinajstić information content (AvgIpc) is 2.84. The van der Waals surface area contributed by atoms with Crippen molar-refractivity contribution in [1.29, 1.82) is 0 Å². The summed E-state index contributed by atoms with van der Waals surface area (Å²) in [6, 6.07) is 7.42. The standard InChI is InChI=1S/C16H17BrN2O2/c1-2-3-4-5-6-7-11-15-16(19(20)21-18-15)13-9-8-10-14(17)12-13/h8-10,12H,2-6H2,1H3. The van der Waals surface area contributed by atoms with Crippen LogP contribution >= 0.6 is 15.9 Å². The molecular weight excluding hydrogens is 332 g/mol. The molecule has 0 amide bonds. The number of aromatic nitrogens is 2. The van der Waals surface area contributed by atoms with E-state index in [0.717, 1.165) is 22.9 Å². The van der Waals surface area contributed by atoms with E-state index in [9.17, 15) is 5.21 Å². The van der Waals surface area contributed by atoms with E-state index in [4.69, 9.17) is 0 Å². The van der Waals surface area contributed by atoms with Gasteiger partial charge in [-0.05, 0) is 29.4 Å². The van der Waals surface area contributed by atoms with Gasteiger partial charge in [-0.3, -0.25) is 4.63 Å². The molecule has 1 aromatic carbocycles. The molecule has 0 aliphatic carbocycles. The minimum atomic E-state index is 0.359. The molecule has 0 fully saturated rings. The molecule has 110 valence electrons. The zero-order chi connectivity index (χ0) is 15.1. The summed E-state index contributed by atoms with van der Waals surface area (Å²) in [4.78, 5) is 0.406. The van der Waals surface area contributed by atoms with Crippen molar-refractivity contribution in [2.45, 2.75) is 39.0 Å². The van der Waals surface area contributed by atoms with E-state index in [1.165, 1.54) is 19.3 Å². The van der Waals surface area contributed by atoms with Crippen LogP contribution in [0.25, 0.3) is 11.3 Å². The van der Waals surface area contributed by atoms with Crippen molar-refractivity contribution < 1.29 is 9.53 Å². The largest absolute Gasteiger partial charge is 0.359 e. The van der Waals surface area contributed by atoms with Crippen molar-refractivity contribution in [2.24, 2.45) is 0 Å². The van der Waals surface area contributed by atoms with Gasteiger partial charge in [0.15, 0.2) is 0 Å². The van der Waals surface area contributed by atoms with Crippen LogP contribution in [-0.2, 0) is 0 Å². The van der Waals surface area contributed by atoms with Crippen LogP contribution in [0.5, 0.6) is 0 Å². The van der Waals surface area contributed by atoms with E-state index in [0.29, 0.717) is 16.3 Å². The van der Waals surface area contributed by atoms with Gasteiger partial charge in [-0.1, -0.05) is 60.2 Å². The number of benzene rings is 1. The third kappa shape index (κ3) is 4.33. The number of unbranched alkanes of at least 4 members (excludes halogenated alkanes) is 4. The molecule has 1 aromatic heterocycles. The van der Waals surface area contributed by atoms with Gasteiger partial charge in [0.05, 0.1) is 5.16 Å². The second-order valence-electron chi connectivity index (χ2n) is 4.75. The van der Waals surface area contributed by atoms with Gasteiger partial charge < -0.3 is 5.21 Å². The molecule has 5 heteroatoms. The number of rotatable bonds is 5. The minimum Gasteiger partial charge on any atom is -0.359 e. The first-order chi connectivity index (χ1) is 10.2. The summed E-state index contributed by atoms with van der Waals surface area (Å²) in [7, 11) is 0. The van der Waals surface area contributed by atoms with Crippen LogP contribution in [-0.4, -0.2) is 5.16 Å². The van der Waals surface area contributed by atoms with Gasteiger partial charge in [-0.25, -0.2) is 0 Å². The van der Waals surface area contributed by atoms with Crippen LogP contribution in [0.1, 0.15) is 44.7 Å². The number of hydrogen-bond donors (Lipinski definition) is 0. The topological polar surface area (TPSA) is 53.0 Å². The molecule has 2 aromatic rings. The van der Waals surface area contributed by atoms with E-state index in [2.05, 4.69) is 44.5 Å². The lowest BCUT2D eigenvalue weighted by Crippen LogP contribution is -2.25. The van der Waals surface area contributed by atoms with Crippen LogP contribution in [0.15, 0.2) is 33.4 Å². The Morgan fingerprint density at radius 3 is 2.95 bits per heavy atom. The number of nitrogens with zero attached hydrogens (tertiary/aromatic N) is 2. The van der Waals surface area contributed by atoms with Crippen molar-refractivity contribution in [3.05, 3.63) is 39.6 Å². The molecule has 0 spiro atoms. The molecule has 0 bridgehead atoms. The Morgan fingerprint density at radius 2 is 2.19 bits per heavy atom. The first-order valence-electron chi connectivity index (χ1n) is 7.07. The van der Waals surface area contributed by atoms with E-state index in [-0.39, 0.29) is 0 Å². The molecule has 0 aliphatic rings. The van der Waals surface area contributed by atoms with Crippen LogP contribution in [0.2, 0.25) is 0 Å². The second kappa shape index (κ2) is 7.84. The fourth-order valence-electron chi connectivity index (χ4n) is 1.99. The van der Waals surface area contributed by atoms with Gasteiger partial charge in [-0.15, -0.1) is 0 Å². The van der Waals surface area contributed by atoms with Crippen LogP contribution < -0.4 is 4.90 Å². The molecule has 0 aliphatic heterocycles. The maximum Gasteiger partial charge on any atom is 0.299 e. The maximum atomic E-state index is 11.7. The normalized spacial score (nSPS) is 10.2. The van der Waals surface area contributed by atoms with E-state index in [1.807, 2.05) is 24.3 Å². The van der Waals surface area contributed by atoms with Crippen molar-refractivity contribution in [1.82, 2.24) is 5.16 Å². The van der Waals surface area contributed by atoms with E-state index < -0.39 is 0 Å². The predicted octanol–water partition coefficient (Wildman–Crippen LogP) is 4.06. The van der Waals surface area contributed by atoms with Gasteiger partial charge in [0.25, 0.3) is 5.69 Å². The van der Waals surface area contributed by atoms with E-state index in [1.54, 1.807) is 0 Å². The highest BCUT2D eigenvalue weighted by atomic mass is 79.9. The first kappa shape index (κ1) is 15.6. The molecule has 1 heterocycles. The quantitative estimate of drug-likeness (QED) is 0.465. The third-order valence-electron chi connectivity index (χ3n) is 3.07. The zero-order valence-electron chi connectivity index (χ0n) is 11.9. The predicted molar refractivity (Wildman–Crippen MR) is 84.2 cm³/mol. The molecule has 4 nitrogen and oxygen atoms in total. The molecule has 0 atom stereocenters. The lowest BCUT2D eigenvalue weighted by molar-refractivity contribution is -0.793. The first-order valence-corrected chi connectivity index (χ1v) is 7.86. The van der Waals surface area contributed by atoms with Gasteiger partial charge in [0.2, 0.25) is 5.69 Å². The fourth-order valence-corrected chi connectivity index (χ4v) is 2.39. The van der Waals surface area contributed by atoms with E-state index >= 15 is 0 Å². The van der Waals surface area contributed by atoms with Gasteiger partial charge >= 0.3 is 0 Å². The Kier molecular flexibility index (Phi) is 5.82. The lowest BCUT2D eigenvalue weighted by atomic mass is 10.1. The molecule has 0 N–H and O–H groups in total. The van der Waals surface area contributed by atoms with Gasteiger partial charge in [0.1, 0.15) is 0 Å². The van der Waals surface area contributed by atoms with Crippen LogP contribution in [0.3, 0.4) is 0 Å². The van der Waals surface area contributed by atoms with Gasteiger partial charge in [0, 0.05) is 16.5 Å². The summed E-state index contributed by atoms with van der Waals surface area (Å²) in [5.41, 5.74) is 1.48. The Balaban J connectivity index is 2.14. The van der Waals surface area contributed by atoms with Crippen LogP contribution in [0.4, 0.5) is 0 Å². The van der Waals surface area contributed by atoms with Crippen molar-refractivity contribution in [3.8, 4) is 23.1 Å². The maximum absolute atomic E-state index is 11.7. The zero-order valence-corrected chi connectivity index (χ0v) is 13.5. The minimum absolute atomic E-state index is 0.359. The second-order valence-corrected chi connectivity index (χ2v) is 5.67. The van der Waals surface area contributed by atoms with Crippen LogP contribution in [0, 0.1) is 17.0 Å². The third-order valence-corrected chi connectivity index (χ3v) is 3.57. The summed E-state index contributed by atoms with van der Waals surface area (Å²) in [6.45, 7) is 2.18. The molecule has 0 saturated carbocycles. The monoisotopic (exact) mass is 348 g/mol. The number of hydrogen-bond acceptors (Lipinski definition) is 3. The van der Waals surface area contributed by atoms with Gasteiger partial charge in [-0.2, -0.15) is 0 Å². The SMILES string of the molecule is CCCCCCC#Cc1no[n+]([O-])c1-c1cccc(Br)c1. The highest BCUT2D eigenvalue weighted by Gasteiger charge is 2.19. The van der Waals surface area contributed by atoms with Crippen molar-refractivity contribution >= 4 is 15.9 Å². The summed E-state index contributed by atoms with van der Waals surface area (Å²) >= 11 is 3.39. The summed E-state index contributed by atoms with van der Waals surface area (Å²) in [5.74, 6) is 6.00. The Morgan fingerprint density at radius 1 is 1.33 bits per heavy atom. The number of halogens is 1.